The first-order chi connectivity index (χ1) is 8.18. The van der Waals surface area contributed by atoms with E-state index in [1.807, 2.05) is 18.2 Å². The number of rotatable bonds is 3. The van der Waals surface area contributed by atoms with Crippen LogP contribution in [0.15, 0.2) is 24.3 Å². The summed E-state index contributed by atoms with van der Waals surface area (Å²) in [5.74, 6) is 0. The zero-order valence-electron chi connectivity index (χ0n) is 10.5. The third kappa shape index (κ3) is 2.99. The first-order valence-electron chi connectivity index (χ1n) is 6.40. The third-order valence-corrected chi connectivity index (χ3v) is 3.73. The molecular weight excluding hydrogens is 212 g/mol. The van der Waals surface area contributed by atoms with Gasteiger partial charge in [-0.1, -0.05) is 31.0 Å². The number of aliphatic hydroxyl groups is 1. The molecule has 3 heteroatoms. The molecule has 1 fully saturated rings. The lowest BCUT2D eigenvalue weighted by Crippen LogP contribution is -2.42. The molecule has 0 radical (unpaired) electrons. The van der Waals surface area contributed by atoms with Gasteiger partial charge in [-0.15, -0.1) is 0 Å². The summed E-state index contributed by atoms with van der Waals surface area (Å²) in [6, 6.07) is 8.23. The molecule has 0 amide bonds. The number of nitrogen functional groups attached to an aromatic ring is 1. The van der Waals surface area contributed by atoms with Gasteiger partial charge >= 0.3 is 0 Å². The van der Waals surface area contributed by atoms with E-state index in [4.69, 9.17) is 5.73 Å². The molecule has 0 aromatic heterocycles. The fourth-order valence-corrected chi connectivity index (χ4v) is 2.67. The van der Waals surface area contributed by atoms with E-state index in [1.54, 1.807) is 0 Å². The van der Waals surface area contributed by atoms with Gasteiger partial charge in [0.1, 0.15) is 0 Å². The smallest absolute Gasteiger partial charge is 0.0695 e. The second kappa shape index (κ2) is 5.52. The van der Waals surface area contributed by atoms with E-state index in [9.17, 15) is 5.11 Å². The standard InChI is InChI=1S/C14H22N2O/c1-16(13-8-4-5-9-14(13)17)10-11-6-2-3-7-12(11)15/h2-3,6-7,13-14,17H,4-5,8-10,15H2,1H3. The summed E-state index contributed by atoms with van der Waals surface area (Å²) >= 11 is 0. The van der Waals surface area contributed by atoms with Gasteiger partial charge in [0.2, 0.25) is 0 Å². The van der Waals surface area contributed by atoms with Crippen LogP contribution < -0.4 is 5.73 Å². The highest BCUT2D eigenvalue weighted by Crippen LogP contribution is 2.24. The number of nitrogens with two attached hydrogens (primary N) is 1. The van der Waals surface area contributed by atoms with Gasteiger partial charge in [0.25, 0.3) is 0 Å². The van der Waals surface area contributed by atoms with Crippen molar-refractivity contribution in [2.45, 2.75) is 44.4 Å². The van der Waals surface area contributed by atoms with Gasteiger partial charge in [-0.05, 0) is 31.5 Å². The zero-order valence-corrected chi connectivity index (χ0v) is 10.5. The number of aliphatic hydroxyl groups excluding tert-OH is 1. The maximum atomic E-state index is 10.0. The second-order valence-electron chi connectivity index (χ2n) is 5.03. The maximum absolute atomic E-state index is 10.0. The molecule has 2 unspecified atom stereocenters. The Bertz CT molecular complexity index is 367. The van der Waals surface area contributed by atoms with Crippen molar-refractivity contribution in [2.75, 3.05) is 12.8 Å². The highest BCUT2D eigenvalue weighted by atomic mass is 16.3. The van der Waals surface area contributed by atoms with Crippen molar-refractivity contribution in [3.63, 3.8) is 0 Å². The molecule has 0 bridgehead atoms. The van der Waals surface area contributed by atoms with Gasteiger partial charge in [0, 0.05) is 18.3 Å². The molecule has 0 spiro atoms. The summed E-state index contributed by atoms with van der Waals surface area (Å²) in [7, 11) is 2.08. The van der Waals surface area contributed by atoms with Crippen molar-refractivity contribution in [3.05, 3.63) is 29.8 Å². The normalized spacial score (nSPS) is 25.1. The van der Waals surface area contributed by atoms with Crippen LogP contribution in [0.3, 0.4) is 0 Å². The number of hydrogen-bond acceptors (Lipinski definition) is 3. The average molecular weight is 234 g/mol. The molecule has 2 atom stereocenters. The molecule has 1 aliphatic carbocycles. The van der Waals surface area contributed by atoms with E-state index in [0.29, 0.717) is 0 Å². The van der Waals surface area contributed by atoms with Crippen LogP contribution in [0.1, 0.15) is 31.2 Å². The number of anilines is 1. The minimum absolute atomic E-state index is 0.182. The van der Waals surface area contributed by atoms with E-state index in [0.717, 1.165) is 37.1 Å². The largest absolute Gasteiger partial charge is 0.398 e. The molecule has 0 aliphatic heterocycles. The van der Waals surface area contributed by atoms with Crippen LogP contribution in [0.2, 0.25) is 0 Å². The van der Waals surface area contributed by atoms with Crippen molar-refractivity contribution in [2.24, 2.45) is 0 Å². The highest BCUT2D eigenvalue weighted by Gasteiger charge is 2.26. The molecule has 1 aromatic rings. The summed E-state index contributed by atoms with van der Waals surface area (Å²) in [5.41, 5.74) is 7.93. The van der Waals surface area contributed by atoms with Crippen LogP contribution in [-0.2, 0) is 6.54 Å². The first kappa shape index (κ1) is 12.4. The molecule has 94 valence electrons. The molecule has 0 heterocycles. The van der Waals surface area contributed by atoms with E-state index in [2.05, 4.69) is 18.0 Å². The van der Waals surface area contributed by atoms with Crippen LogP contribution in [0.5, 0.6) is 0 Å². The predicted molar refractivity (Wildman–Crippen MR) is 70.6 cm³/mol. The topological polar surface area (TPSA) is 49.5 Å². The van der Waals surface area contributed by atoms with Crippen LogP contribution in [-0.4, -0.2) is 29.2 Å². The predicted octanol–water partition coefficient (Wildman–Crippen LogP) is 2.00. The van der Waals surface area contributed by atoms with Crippen molar-refractivity contribution in [3.8, 4) is 0 Å². The Morgan fingerprint density at radius 3 is 2.71 bits per heavy atom. The summed E-state index contributed by atoms with van der Waals surface area (Å²) in [5, 5.41) is 10.0. The summed E-state index contributed by atoms with van der Waals surface area (Å²) in [6.07, 6.45) is 4.21. The maximum Gasteiger partial charge on any atom is 0.0695 e. The molecular formula is C14H22N2O. The zero-order chi connectivity index (χ0) is 12.3. The van der Waals surface area contributed by atoms with E-state index < -0.39 is 0 Å². The molecule has 1 saturated carbocycles. The Morgan fingerprint density at radius 2 is 2.00 bits per heavy atom. The SMILES string of the molecule is CN(Cc1ccccc1N)C1CCCCC1O. The second-order valence-corrected chi connectivity index (χ2v) is 5.03. The van der Waals surface area contributed by atoms with Crippen molar-refractivity contribution in [1.29, 1.82) is 0 Å². The Hall–Kier alpha value is -1.06. The molecule has 3 nitrogen and oxygen atoms in total. The fraction of sp³-hybridized carbons (Fsp3) is 0.571. The lowest BCUT2D eigenvalue weighted by molar-refractivity contribution is 0.0289. The van der Waals surface area contributed by atoms with Crippen molar-refractivity contribution < 1.29 is 5.11 Å². The van der Waals surface area contributed by atoms with Gasteiger partial charge in [0.05, 0.1) is 6.10 Å². The molecule has 3 N–H and O–H groups in total. The molecule has 2 rings (SSSR count). The van der Waals surface area contributed by atoms with Gasteiger partial charge in [0.15, 0.2) is 0 Å². The van der Waals surface area contributed by atoms with Crippen molar-refractivity contribution >= 4 is 5.69 Å². The Morgan fingerprint density at radius 1 is 1.29 bits per heavy atom. The Balaban J connectivity index is 2.01. The van der Waals surface area contributed by atoms with Crippen LogP contribution >= 0.6 is 0 Å². The van der Waals surface area contributed by atoms with Gasteiger partial charge in [-0.2, -0.15) is 0 Å². The number of nitrogens with zero attached hydrogens (tertiary/aromatic N) is 1. The van der Waals surface area contributed by atoms with Crippen LogP contribution in [0.4, 0.5) is 5.69 Å². The van der Waals surface area contributed by atoms with E-state index >= 15 is 0 Å². The Labute approximate surface area is 103 Å². The fourth-order valence-electron chi connectivity index (χ4n) is 2.67. The van der Waals surface area contributed by atoms with Crippen LogP contribution in [0.25, 0.3) is 0 Å². The molecule has 17 heavy (non-hydrogen) atoms. The number of hydrogen-bond donors (Lipinski definition) is 2. The number of para-hydroxylation sites is 1. The third-order valence-electron chi connectivity index (χ3n) is 3.73. The van der Waals surface area contributed by atoms with Gasteiger partial charge < -0.3 is 10.8 Å². The molecule has 1 aliphatic rings. The first-order valence-corrected chi connectivity index (χ1v) is 6.40. The number of likely N-dealkylation sites (N-methyl/N-ethyl adjacent to an activating group) is 1. The lowest BCUT2D eigenvalue weighted by atomic mass is 9.91. The minimum Gasteiger partial charge on any atom is -0.398 e. The quantitative estimate of drug-likeness (QED) is 0.787. The van der Waals surface area contributed by atoms with Crippen LogP contribution in [0, 0.1) is 0 Å². The lowest BCUT2D eigenvalue weighted by Gasteiger charge is -2.35. The summed E-state index contributed by atoms with van der Waals surface area (Å²) < 4.78 is 0. The molecule has 1 aromatic carbocycles. The summed E-state index contributed by atoms with van der Waals surface area (Å²) in [6.45, 7) is 0.814. The van der Waals surface area contributed by atoms with E-state index in [1.165, 1.54) is 6.42 Å². The highest BCUT2D eigenvalue weighted by molar-refractivity contribution is 5.46. The van der Waals surface area contributed by atoms with Gasteiger partial charge in [-0.25, -0.2) is 0 Å². The van der Waals surface area contributed by atoms with Crippen molar-refractivity contribution in [1.82, 2.24) is 4.90 Å². The molecule has 0 saturated heterocycles. The monoisotopic (exact) mass is 234 g/mol. The minimum atomic E-state index is -0.182. The average Bonchev–Trinajstić information content (AvgIpc) is 2.32. The van der Waals surface area contributed by atoms with E-state index in [-0.39, 0.29) is 12.1 Å². The van der Waals surface area contributed by atoms with Gasteiger partial charge in [-0.3, -0.25) is 4.90 Å². The summed E-state index contributed by atoms with van der Waals surface area (Å²) in [4.78, 5) is 2.23. The number of benzene rings is 1. The Kier molecular flexibility index (Phi) is 4.02.